The van der Waals surface area contributed by atoms with Gasteiger partial charge in [-0.3, -0.25) is 9.59 Å². The lowest BCUT2D eigenvalue weighted by Gasteiger charge is -2.18. The number of carbonyl (C=O) groups excluding carboxylic acids is 2. The van der Waals surface area contributed by atoms with Crippen LogP contribution in [-0.2, 0) is 9.59 Å². The van der Waals surface area contributed by atoms with E-state index in [1.807, 2.05) is 0 Å². The fourth-order valence-electron chi connectivity index (χ4n) is 3.62. The van der Waals surface area contributed by atoms with Crippen molar-refractivity contribution < 1.29 is 19.8 Å². The van der Waals surface area contributed by atoms with Crippen LogP contribution in [0.3, 0.4) is 0 Å². The van der Waals surface area contributed by atoms with Crippen molar-refractivity contribution in [3.05, 3.63) is 23.5 Å². The Labute approximate surface area is 171 Å². The maximum atomic E-state index is 12.1. The number of hydrogen-bond acceptors (Lipinski definition) is 4. The van der Waals surface area contributed by atoms with Crippen molar-refractivity contribution in [1.82, 2.24) is 0 Å². The molecule has 1 unspecified atom stereocenters. The van der Waals surface area contributed by atoms with Gasteiger partial charge in [-0.2, -0.15) is 0 Å². The number of ketones is 2. The highest BCUT2D eigenvalue weighted by Crippen LogP contribution is 2.23. The molecule has 0 spiro atoms. The van der Waals surface area contributed by atoms with E-state index in [1.165, 1.54) is 64.2 Å². The number of carbonyl (C=O) groups is 2. The van der Waals surface area contributed by atoms with E-state index < -0.39 is 11.9 Å². The predicted molar refractivity (Wildman–Crippen MR) is 114 cm³/mol. The first-order chi connectivity index (χ1) is 13.6. The lowest BCUT2D eigenvalue weighted by Crippen LogP contribution is -2.27. The van der Waals surface area contributed by atoms with Crippen LogP contribution in [0.5, 0.6) is 0 Å². The van der Waals surface area contributed by atoms with Gasteiger partial charge in [0.1, 0.15) is 17.4 Å². The summed E-state index contributed by atoms with van der Waals surface area (Å²) >= 11 is 0. The molecule has 1 rings (SSSR count). The quantitative estimate of drug-likeness (QED) is 0.188. The average molecular weight is 393 g/mol. The Bertz CT molecular complexity index is 519. The second kappa shape index (κ2) is 15.5. The summed E-state index contributed by atoms with van der Waals surface area (Å²) in [5.74, 6) is -1.07. The van der Waals surface area contributed by atoms with Gasteiger partial charge in [0.2, 0.25) is 0 Å². The average Bonchev–Trinajstić information content (AvgIpc) is 2.68. The zero-order valence-electron chi connectivity index (χ0n) is 17.8. The monoisotopic (exact) mass is 392 g/mol. The van der Waals surface area contributed by atoms with Crippen LogP contribution in [0, 0.1) is 0 Å². The normalized spacial score (nSPS) is 17.6. The fraction of sp³-hybridized carbons (Fsp3) is 0.750. The van der Waals surface area contributed by atoms with Crippen LogP contribution in [0.4, 0.5) is 0 Å². The number of aliphatic hydroxyl groups excluding tert-OH is 2. The molecule has 160 valence electrons. The zero-order valence-corrected chi connectivity index (χ0v) is 17.8. The van der Waals surface area contributed by atoms with Gasteiger partial charge in [0, 0.05) is 12.8 Å². The molecule has 1 aliphatic carbocycles. The van der Waals surface area contributed by atoms with Crippen molar-refractivity contribution in [2.45, 2.75) is 116 Å². The summed E-state index contributed by atoms with van der Waals surface area (Å²) in [6.07, 6.45) is 19.7. The highest BCUT2D eigenvalue weighted by atomic mass is 16.3. The Morgan fingerprint density at radius 1 is 0.929 bits per heavy atom. The third kappa shape index (κ3) is 10.2. The van der Waals surface area contributed by atoms with Crippen LogP contribution in [0.1, 0.15) is 110 Å². The van der Waals surface area contributed by atoms with E-state index in [0.717, 1.165) is 19.3 Å². The molecule has 0 aromatic carbocycles. The van der Waals surface area contributed by atoms with Crippen molar-refractivity contribution in [3.8, 4) is 0 Å². The van der Waals surface area contributed by atoms with Crippen molar-refractivity contribution in [1.29, 1.82) is 0 Å². The highest BCUT2D eigenvalue weighted by molar-refractivity contribution is 6.21. The summed E-state index contributed by atoms with van der Waals surface area (Å²) in [4.78, 5) is 23.9. The topological polar surface area (TPSA) is 74.6 Å². The van der Waals surface area contributed by atoms with Gasteiger partial charge in [0.25, 0.3) is 0 Å². The second-order valence-corrected chi connectivity index (χ2v) is 8.00. The maximum absolute atomic E-state index is 12.1. The largest absolute Gasteiger partial charge is 0.509 e. The van der Waals surface area contributed by atoms with Crippen molar-refractivity contribution >= 4 is 11.6 Å². The number of rotatable bonds is 16. The third-order valence-electron chi connectivity index (χ3n) is 5.44. The highest BCUT2D eigenvalue weighted by Gasteiger charge is 2.30. The number of Topliss-reactive ketones (excluding diaryl/α,β-unsaturated/α-hetero) is 2. The first-order valence-electron chi connectivity index (χ1n) is 11.4. The predicted octanol–water partition coefficient (Wildman–Crippen LogP) is 6.13. The first-order valence-corrected chi connectivity index (χ1v) is 11.4. The summed E-state index contributed by atoms with van der Waals surface area (Å²) in [7, 11) is 0. The molecule has 1 aliphatic rings. The van der Waals surface area contributed by atoms with E-state index in [2.05, 4.69) is 19.1 Å². The number of allylic oxidation sites excluding steroid dienone is 3. The van der Waals surface area contributed by atoms with Crippen LogP contribution < -0.4 is 0 Å². The van der Waals surface area contributed by atoms with Gasteiger partial charge in [-0.05, 0) is 38.5 Å². The number of aliphatic hydroxyl groups is 2. The summed E-state index contributed by atoms with van der Waals surface area (Å²) in [5.41, 5.74) is -0.155. The van der Waals surface area contributed by atoms with Crippen LogP contribution in [0.2, 0.25) is 0 Å². The molecule has 0 heterocycles. The van der Waals surface area contributed by atoms with E-state index in [1.54, 1.807) is 0 Å². The van der Waals surface area contributed by atoms with Crippen molar-refractivity contribution in [2.24, 2.45) is 0 Å². The zero-order chi connectivity index (χ0) is 20.6. The van der Waals surface area contributed by atoms with Gasteiger partial charge in [-0.25, -0.2) is 0 Å². The van der Waals surface area contributed by atoms with Gasteiger partial charge in [-0.15, -0.1) is 0 Å². The van der Waals surface area contributed by atoms with E-state index in [-0.39, 0.29) is 36.4 Å². The van der Waals surface area contributed by atoms with E-state index in [4.69, 9.17) is 0 Å². The van der Waals surface area contributed by atoms with E-state index in [9.17, 15) is 19.8 Å². The molecule has 0 aromatic heterocycles. The maximum Gasteiger partial charge on any atom is 0.170 e. The molecule has 4 heteroatoms. The molecule has 0 amide bonds. The molecule has 1 atom stereocenters. The van der Waals surface area contributed by atoms with E-state index in [0.29, 0.717) is 0 Å². The molecular weight excluding hydrogens is 352 g/mol. The number of unbranched alkanes of at least 4 members (excludes halogenated alkanes) is 11. The molecule has 0 bridgehead atoms. The SMILES string of the molecule is CCCCCCC=CCCCCCCCCCC(=O)C1=C(O)C(O)CCC1=O. The molecule has 0 saturated heterocycles. The lowest BCUT2D eigenvalue weighted by atomic mass is 9.89. The second-order valence-electron chi connectivity index (χ2n) is 8.00. The molecular formula is C24H40O4. The molecule has 0 aliphatic heterocycles. The van der Waals surface area contributed by atoms with Gasteiger partial charge < -0.3 is 10.2 Å². The van der Waals surface area contributed by atoms with Gasteiger partial charge in [-0.1, -0.05) is 70.4 Å². The summed E-state index contributed by atoms with van der Waals surface area (Å²) in [6, 6.07) is 0. The molecule has 28 heavy (non-hydrogen) atoms. The Kier molecular flexibility index (Phi) is 13.6. The summed E-state index contributed by atoms with van der Waals surface area (Å²) in [5, 5.41) is 19.4. The molecule has 0 radical (unpaired) electrons. The molecule has 0 saturated carbocycles. The Balaban J connectivity index is 1.98. The fourth-order valence-corrected chi connectivity index (χ4v) is 3.62. The Morgan fingerprint density at radius 3 is 2.07 bits per heavy atom. The Hall–Kier alpha value is -1.42. The molecule has 4 nitrogen and oxygen atoms in total. The number of hydrogen-bond donors (Lipinski definition) is 2. The van der Waals surface area contributed by atoms with Crippen LogP contribution in [0.15, 0.2) is 23.5 Å². The van der Waals surface area contributed by atoms with Gasteiger partial charge in [0.05, 0.1) is 0 Å². The van der Waals surface area contributed by atoms with E-state index >= 15 is 0 Å². The summed E-state index contributed by atoms with van der Waals surface area (Å²) in [6.45, 7) is 2.24. The van der Waals surface area contributed by atoms with Gasteiger partial charge in [0.15, 0.2) is 11.6 Å². The first kappa shape index (κ1) is 24.6. The lowest BCUT2D eigenvalue weighted by molar-refractivity contribution is -0.123. The van der Waals surface area contributed by atoms with Crippen LogP contribution >= 0.6 is 0 Å². The molecule has 0 aromatic rings. The van der Waals surface area contributed by atoms with Crippen molar-refractivity contribution in [3.63, 3.8) is 0 Å². The summed E-state index contributed by atoms with van der Waals surface area (Å²) < 4.78 is 0. The minimum Gasteiger partial charge on any atom is -0.509 e. The minimum absolute atomic E-state index is 0.139. The Morgan fingerprint density at radius 2 is 1.46 bits per heavy atom. The third-order valence-corrected chi connectivity index (χ3v) is 5.44. The standard InChI is InChI=1S/C24H40O4/c1-2-3-4-5-6-7-8-9-10-11-12-13-14-15-16-17-20(25)23-21(26)18-19-22(27)24(23)28/h7-8,22,27-28H,2-6,9-19H2,1H3. The smallest absolute Gasteiger partial charge is 0.170 e. The van der Waals surface area contributed by atoms with Crippen LogP contribution in [-0.4, -0.2) is 27.9 Å². The van der Waals surface area contributed by atoms with Crippen LogP contribution in [0.25, 0.3) is 0 Å². The van der Waals surface area contributed by atoms with Gasteiger partial charge >= 0.3 is 0 Å². The minimum atomic E-state index is -1.06. The molecule has 2 N–H and O–H groups in total. The van der Waals surface area contributed by atoms with Crippen molar-refractivity contribution in [2.75, 3.05) is 0 Å². The molecule has 0 fully saturated rings.